The molecule has 0 aliphatic carbocycles. The van der Waals surface area contributed by atoms with Gasteiger partial charge < -0.3 is 4.57 Å². The highest BCUT2D eigenvalue weighted by atomic mass is 15.0. The van der Waals surface area contributed by atoms with Crippen molar-refractivity contribution in [1.29, 1.82) is 0 Å². The van der Waals surface area contributed by atoms with Gasteiger partial charge in [-0.2, -0.15) is 0 Å². The second-order valence-electron chi connectivity index (χ2n) is 11.9. The van der Waals surface area contributed by atoms with E-state index in [0.717, 1.165) is 5.56 Å². The molecular formula is C43H29N. The number of para-hydroxylation sites is 1. The molecule has 9 rings (SSSR count). The summed E-state index contributed by atoms with van der Waals surface area (Å²) >= 11 is 0. The molecule has 1 nitrogen and oxygen atoms in total. The van der Waals surface area contributed by atoms with Gasteiger partial charge in [0, 0.05) is 16.5 Å². The van der Waals surface area contributed by atoms with Crippen molar-refractivity contribution in [2.24, 2.45) is 0 Å². The van der Waals surface area contributed by atoms with E-state index in [4.69, 9.17) is 0 Å². The molecule has 0 unspecified atom stereocenters. The van der Waals surface area contributed by atoms with Gasteiger partial charge in [-0.25, -0.2) is 0 Å². The Kier molecular flexibility index (Phi) is 5.33. The van der Waals surface area contributed by atoms with Crippen LogP contribution in [0.5, 0.6) is 0 Å². The summed E-state index contributed by atoms with van der Waals surface area (Å²) in [6.07, 6.45) is 1.89. The smallest absolute Gasteiger partial charge is 0.0541 e. The maximum absolute atomic E-state index is 3.92. The largest absolute Gasteiger partial charge is 0.309 e. The van der Waals surface area contributed by atoms with Gasteiger partial charge in [0.2, 0.25) is 0 Å². The van der Waals surface area contributed by atoms with Crippen LogP contribution in [-0.2, 0) is 0 Å². The monoisotopic (exact) mass is 559 g/mol. The molecule has 0 radical (unpaired) electrons. The number of fused-ring (bicyclic) bond motifs is 3. The molecule has 44 heavy (non-hydrogen) atoms. The fourth-order valence-electron chi connectivity index (χ4n) is 7.26. The first kappa shape index (κ1) is 24.9. The van der Waals surface area contributed by atoms with E-state index in [1.54, 1.807) is 0 Å². The van der Waals surface area contributed by atoms with Crippen molar-refractivity contribution >= 4 is 60.2 Å². The Morgan fingerprint density at radius 3 is 1.70 bits per heavy atom. The average molecular weight is 560 g/mol. The summed E-state index contributed by atoms with van der Waals surface area (Å²) in [5.74, 6) is 0. The van der Waals surface area contributed by atoms with Crippen LogP contribution in [0, 0.1) is 6.92 Å². The lowest BCUT2D eigenvalue weighted by Gasteiger charge is -2.17. The number of hydrogen-bond donors (Lipinski definition) is 0. The van der Waals surface area contributed by atoms with Crippen molar-refractivity contribution in [3.63, 3.8) is 0 Å². The highest BCUT2D eigenvalue weighted by Crippen LogP contribution is 2.42. The van der Waals surface area contributed by atoms with E-state index in [1.165, 1.54) is 87.6 Å². The topological polar surface area (TPSA) is 4.93 Å². The van der Waals surface area contributed by atoms with Crippen molar-refractivity contribution in [1.82, 2.24) is 4.57 Å². The zero-order valence-corrected chi connectivity index (χ0v) is 24.5. The lowest BCUT2D eigenvalue weighted by molar-refractivity contribution is 1.18. The summed E-state index contributed by atoms with van der Waals surface area (Å²) < 4.78 is 2.39. The van der Waals surface area contributed by atoms with Crippen LogP contribution >= 0.6 is 0 Å². The second kappa shape index (κ2) is 9.42. The highest BCUT2D eigenvalue weighted by Gasteiger charge is 2.16. The standard InChI is InChI=1S/C43H29N/c1-3-28-9-11-29(12-10-28)34-21-15-31-18-24-38-35(22-16-32-17-23-37(34)42(31)43(32)38)30-13-19-33(20-14-30)44-40-7-5-4-6-36(40)39-26-27(2)8-25-41(39)44/h3-26H,1H2,2H3. The molecule has 8 aromatic carbocycles. The Morgan fingerprint density at radius 1 is 0.500 bits per heavy atom. The quantitative estimate of drug-likeness (QED) is 0.189. The minimum absolute atomic E-state index is 1.13. The Hall–Kier alpha value is -5.66. The number of hydrogen-bond acceptors (Lipinski definition) is 0. The molecule has 0 bridgehead atoms. The summed E-state index contributed by atoms with van der Waals surface area (Å²) in [5, 5.41) is 10.4. The normalized spacial score (nSPS) is 11.8. The van der Waals surface area contributed by atoms with E-state index < -0.39 is 0 Å². The number of benzene rings is 8. The molecular weight excluding hydrogens is 530 g/mol. The second-order valence-corrected chi connectivity index (χ2v) is 11.9. The fourth-order valence-corrected chi connectivity index (χ4v) is 7.26. The zero-order valence-electron chi connectivity index (χ0n) is 24.5. The number of aryl methyl sites for hydroxylation is 1. The van der Waals surface area contributed by atoms with Crippen LogP contribution in [0.2, 0.25) is 0 Å². The van der Waals surface area contributed by atoms with Crippen LogP contribution < -0.4 is 0 Å². The molecule has 0 N–H and O–H groups in total. The van der Waals surface area contributed by atoms with Crippen molar-refractivity contribution in [2.75, 3.05) is 0 Å². The molecule has 0 fully saturated rings. The molecule has 1 aromatic heterocycles. The number of rotatable bonds is 4. The molecule has 206 valence electrons. The summed E-state index contributed by atoms with van der Waals surface area (Å²) in [6, 6.07) is 51.5. The first-order chi connectivity index (χ1) is 21.7. The third kappa shape index (κ3) is 3.60. The van der Waals surface area contributed by atoms with Gasteiger partial charge in [0.15, 0.2) is 0 Å². The van der Waals surface area contributed by atoms with E-state index >= 15 is 0 Å². The van der Waals surface area contributed by atoms with Gasteiger partial charge in [-0.3, -0.25) is 0 Å². The number of aromatic nitrogens is 1. The fraction of sp³-hybridized carbons (Fsp3) is 0.0233. The molecule has 9 aromatic rings. The molecule has 1 heterocycles. The van der Waals surface area contributed by atoms with E-state index in [9.17, 15) is 0 Å². The molecule has 0 saturated carbocycles. The molecule has 0 aliphatic rings. The van der Waals surface area contributed by atoms with Crippen LogP contribution in [0.1, 0.15) is 11.1 Å². The van der Waals surface area contributed by atoms with Gasteiger partial charge in [-0.05, 0) is 97.4 Å². The Bertz CT molecular complexity index is 2540. The minimum atomic E-state index is 1.13. The van der Waals surface area contributed by atoms with Crippen LogP contribution in [0.4, 0.5) is 0 Å². The van der Waals surface area contributed by atoms with Crippen molar-refractivity contribution in [3.8, 4) is 27.9 Å². The van der Waals surface area contributed by atoms with E-state index in [1.807, 2.05) is 6.08 Å². The molecule has 0 spiro atoms. The maximum Gasteiger partial charge on any atom is 0.0541 e. The third-order valence-corrected chi connectivity index (χ3v) is 9.39. The van der Waals surface area contributed by atoms with Crippen molar-refractivity contribution in [2.45, 2.75) is 6.92 Å². The van der Waals surface area contributed by atoms with Crippen molar-refractivity contribution < 1.29 is 0 Å². The molecule has 0 aliphatic heterocycles. The summed E-state index contributed by atoms with van der Waals surface area (Å²) in [4.78, 5) is 0. The first-order valence-electron chi connectivity index (χ1n) is 15.2. The van der Waals surface area contributed by atoms with Gasteiger partial charge in [-0.1, -0.05) is 127 Å². The summed E-state index contributed by atoms with van der Waals surface area (Å²) in [6.45, 7) is 6.08. The number of nitrogens with zero attached hydrogens (tertiary/aromatic N) is 1. The Morgan fingerprint density at radius 2 is 1.07 bits per heavy atom. The van der Waals surface area contributed by atoms with Gasteiger partial charge in [0.1, 0.15) is 0 Å². The molecule has 0 saturated heterocycles. The predicted octanol–water partition coefficient (Wildman–Crippen LogP) is 12.0. The minimum Gasteiger partial charge on any atom is -0.309 e. The van der Waals surface area contributed by atoms with Crippen LogP contribution in [0.15, 0.2) is 146 Å². The first-order valence-corrected chi connectivity index (χ1v) is 15.2. The van der Waals surface area contributed by atoms with E-state index in [2.05, 4.69) is 158 Å². The summed E-state index contributed by atoms with van der Waals surface area (Å²) in [5.41, 5.74) is 11.0. The lowest BCUT2D eigenvalue weighted by atomic mass is 9.87. The maximum atomic E-state index is 3.92. The van der Waals surface area contributed by atoms with E-state index in [0.29, 0.717) is 0 Å². The van der Waals surface area contributed by atoms with Crippen LogP contribution in [0.3, 0.4) is 0 Å². The van der Waals surface area contributed by atoms with Crippen LogP contribution in [-0.4, -0.2) is 4.57 Å². The van der Waals surface area contributed by atoms with Gasteiger partial charge >= 0.3 is 0 Å². The zero-order chi connectivity index (χ0) is 29.4. The predicted molar refractivity (Wildman–Crippen MR) is 190 cm³/mol. The molecule has 0 atom stereocenters. The lowest BCUT2D eigenvalue weighted by Crippen LogP contribution is -1.94. The molecule has 0 amide bonds. The Labute approximate surface area is 256 Å². The summed E-state index contributed by atoms with van der Waals surface area (Å²) in [7, 11) is 0. The molecule has 1 heteroatoms. The SMILES string of the molecule is C=Cc1ccc(-c2ccc3ccc4c(-c5ccc(-n6c7ccccc7c7cc(C)ccc76)cc5)ccc5ccc2c3c54)cc1. The van der Waals surface area contributed by atoms with Crippen LogP contribution in [0.25, 0.3) is 88.1 Å². The Balaban J connectivity index is 1.21. The highest BCUT2D eigenvalue weighted by molar-refractivity contribution is 6.27. The van der Waals surface area contributed by atoms with Crippen molar-refractivity contribution in [3.05, 3.63) is 157 Å². The average Bonchev–Trinajstić information content (AvgIpc) is 3.40. The van der Waals surface area contributed by atoms with Gasteiger partial charge in [0.05, 0.1) is 11.0 Å². The van der Waals surface area contributed by atoms with Gasteiger partial charge in [-0.15, -0.1) is 0 Å². The van der Waals surface area contributed by atoms with E-state index in [-0.39, 0.29) is 0 Å². The third-order valence-electron chi connectivity index (χ3n) is 9.39. The van der Waals surface area contributed by atoms with Gasteiger partial charge in [0.25, 0.3) is 0 Å².